The van der Waals surface area contributed by atoms with Crippen molar-refractivity contribution in [1.82, 2.24) is 4.90 Å². The molecule has 3 heteroatoms. The van der Waals surface area contributed by atoms with Gasteiger partial charge in [-0.25, -0.2) is 0 Å². The lowest BCUT2D eigenvalue weighted by molar-refractivity contribution is 0.172. The second kappa shape index (κ2) is 6.41. The predicted molar refractivity (Wildman–Crippen MR) is 75.2 cm³/mol. The smallest absolute Gasteiger partial charge is 0.00725 e. The molecule has 90 valence electrons. The Kier molecular flexibility index (Phi) is 5.86. The van der Waals surface area contributed by atoms with Crippen molar-refractivity contribution in [3.63, 3.8) is 0 Å². The Morgan fingerprint density at radius 3 is 2.60 bits per heavy atom. The summed E-state index contributed by atoms with van der Waals surface area (Å²) in [5.74, 6) is 4.37. The van der Waals surface area contributed by atoms with E-state index in [4.69, 9.17) is 0 Å². The molecule has 0 bridgehead atoms. The van der Waals surface area contributed by atoms with Crippen molar-refractivity contribution in [3.8, 4) is 0 Å². The molecule has 1 aliphatic heterocycles. The van der Waals surface area contributed by atoms with Crippen molar-refractivity contribution in [2.45, 2.75) is 27.2 Å². The third-order valence-corrected chi connectivity index (χ3v) is 4.73. The van der Waals surface area contributed by atoms with Gasteiger partial charge in [0.15, 0.2) is 0 Å². The minimum Gasteiger partial charge on any atom is -0.302 e. The molecular weight excluding hydrogens is 222 g/mol. The first kappa shape index (κ1) is 13.7. The topological polar surface area (TPSA) is 3.24 Å². The number of hydrogen-bond acceptors (Lipinski definition) is 3. The average molecular weight is 247 g/mol. The van der Waals surface area contributed by atoms with Crippen LogP contribution in [0.5, 0.6) is 0 Å². The summed E-state index contributed by atoms with van der Waals surface area (Å²) in [5.41, 5.74) is 0.390. The Bertz CT molecular complexity index is 169. The average Bonchev–Trinajstić information content (AvgIpc) is 2.40. The van der Waals surface area contributed by atoms with E-state index in [0.29, 0.717) is 11.3 Å². The first-order valence-corrected chi connectivity index (χ1v) is 7.73. The van der Waals surface area contributed by atoms with E-state index in [1.807, 2.05) is 0 Å². The largest absolute Gasteiger partial charge is 0.302 e. The van der Waals surface area contributed by atoms with Crippen LogP contribution >= 0.6 is 24.4 Å². The van der Waals surface area contributed by atoms with Gasteiger partial charge in [-0.3, -0.25) is 0 Å². The molecular formula is C12H25NS2. The molecule has 0 N–H and O–H groups in total. The Labute approximate surface area is 105 Å². The van der Waals surface area contributed by atoms with Crippen LogP contribution in [0.1, 0.15) is 27.2 Å². The van der Waals surface area contributed by atoms with E-state index >= 15 is 0 Å². The van der Waals surface area contributed by atoms with Gasteiger partial charge in [-0.15, -0.1) is 0 Å². The third kappa shape index (κ3) is 5.01. The maximum atomic E-state index is 4.50. The maximum Gasteiger partial charge on any atom is 0.00725 e. The molecule has 1 aliphatic rings. The Morgan fingerprint density at radius 2 is 2.00 bits per heavy atom. The van der Waals surface area contributed by atoms with Crippen molar-refractivity contribution >= 4 is 24.4 Å². The maximum absolute atomic E-state index is 4.50. The Hall–Kier alpha value is 0.660. The van der Waals surface area contributed by atoms with Crippen LogP contribution in [0.25, 0.3) is 0 Å². The van der Waals surface area contributed by atoms with Crippen molar-refractivity contribution in [3.05, 3.63) is 0 Å². The van der Waals surface area contributed by atoms with Gasteiger partial charge < -0.3 is 4.90 Å². The highest BCUT2D eigenvalue weighted by Gasteiger charge is 2.25. The quantitative estimate of drug-likeness (QED) is 0.764. The zero-order valence-electron chi connectivity index (χ0n) is 10.3. The highest BCUT2D eigenvalue weighted by atomic mass is 32.2. The normalized spacial score (nSPS) is 22.4. The standard InChI is InChI=1S/C12H25NS2/c1-12(2,3)11(10-14)9-13-5-4-7-15-8-6-13/h11,14H,4-10H2,1-3H3. The summed E-state index contributed by atoms with van der Waals surface area (Å²) >= 11 is 6.60. The van der Waals surface area contributed by atoms with Gasteiger partial charge in [-0.1, -0.05) is 20.8 Å². The number of thiol groups is 1. The van der Waals surface area contributed by atoms with E-state index < -0.39 is 0 Å². The van der Waals surface area contributed by atoms with Gasteiger partial charge in [-0.05, 0) is 35.8 Å². The van der Waals surface area contributed by atoms with Crippen molar-refractivity contribution < 1.29 is 0 Å². The van der Waals surface area contributed by atoms with Crippen molar-refractivity contribution in [2.24, 2.45) is 11.3 Å². The fourth-order valence-electron chi connectivity index (χ4n) is 1.90. The van der Waals surface area contributed by atoms with Crippen LogP contribution in [0.4, 0.5) is 0 Å². The molecule has 0 radical (unpaired) electrons. The van der Waals surface area contributed by atoms with E-state index in [1.165, 1.54) is 37.6 Å². The molecule has 0 aromatic carbocycles. The van der Waals surface area contributed by atoms with Crippen molar-refractivity contribution in [1.29, 1.82) is 0 Å². The molecule has 0 saturated carbocycles. The summed E-state index contributed by atoms with van der Waals surface area (Å²) < 4.78 is 0. The molecule has 1 heterocycles. The van der Waals surface area contributed by atoms with Crippen LogP contribution in [0.15, 0.2) is 0 Å². The first-order chi connectivity index (χ1) is 7.04. The molecule has 0 spiro atoms. The van der Waals surface area contributed by atoms with E-state index in [2.05, 4.69) is 50.1 Å². The van der Waals surface area contributed by atoms with E-state index in [9.17, 15) is 0 Å². The molecule has 1 saturated heterocycles. The SMILES string of the molecule is CC(C)(C)C(CS)CN1CCCSCC1. The van der Waals surface area contributed by atoms with Gasteiger partial charge >= 0.3 is 0 Å². The van der Waals surface area contributed by atoms with E-state index in [1.54, 1.807) is 0 Å². The highest BCUT2D eigenvalue weighted by molar-refractivity contribution is 7.99. The van der Waals surface area contributed by atoms with Crippen LogP contribution < -0.4 is 0 Å². The van der Waals surface area contributed by atoms with Gasteiger partial charge in [0.2, 0.25) is 0 Å². The number of rotatable bonds is 3. The number of nitrogens with zero attached hydrogens (tertiary/aromatic N) is 1. The second-order valence-electron chi connectivity index (χ2n) is 5.51. The third-order valence-electron chi connectivity index (χ3n) is 3.24. The van der Waals surface area contributed by atoms with Gasteiger partial charge in [0, 0.05) is 18.8 Å². The lowest BCUT2D eigenvalue weighted by Crippen LogP contribution is -2.37. The summed E-state index contributed by atoms with van der Waals surface area (Å²) in [4.78, 5) is 2.63. The van der Waals surface area contributed by atoms with Gasteiger partial charge in [0.25, 0.3) is 0 Å². The fourth-order valence-corrected chi connectivity index (χ4v) is 3.49. The van der Waals surface area contributed by atoms with Gasteiger partial charge in [-0.2, -0.15) is 24.4 Å². The lowest BCUT2D eigenvalue weighted by atomic mass is 9.81. The fraction of sp³-hybridized carbons (Fsp3) is 1.00. The van der Waals surface area contributed by atoms with Gasteiger partial charge in [0.05, 0.1) is 0 Å². The summed E-state index contributed by atoms with van der Waals surface area (Å²) in [6.07, 6.45) is 1.36. The predicted octanol–water partition coefficient (Wildman–Crippen LogP) is 3.02. The lowest BCUT2D eigenvalue weighted by Gasteiger charge is -2.34. The molecule has 1 rings (SSSR count). The highest BCUT2D eigenvalue weighted by Crippen LogP contribution is 2.28. The van der Waals surface area contributed by atoms with Crippen LogP contribution in [0, 0.1) is 11.3 Å². The minimum absolute atomic E-state index is 0.390. The molecule has 1 atom stereocenters. The molecule has 1 fully saturated rings. The van der Waals surface area contributed by atoms with Crippen LogP contribution in [-0.4, -0.2) is 41.8 Å². The second-order valence-corrected chi connectivity index (χ2v) is 7.10. The molecule has 15 heavy (non-hydrogen) atoms. The summed E-state index contributed by atoms with van der Waals surface area (Å²) in [5, 5.41) is 0. The Morgan fingerprint density at radius 1 is 1.27 bits per heavy atom. The molecule has 1 nitrogen and oxygen atoms in total. The molecule has 0 aromatic rings. The summed E-state index contributed by atoms with van der Waals surface area (Å²) in [7, 11) is 0. The zero-order chi connectivity index (χ0) is 11.3. The summed E-state index contributed by atoms with van der Waals surface area (Å²) in [6, 6.07) is 0. The zero-order valence-corrected chi connectivity index (χ0v) is 12.0. The van der Waals surface area contributed by atoms with Crippen LogP contribution in [0.3, 0.4) is 0 Å². The monoisotopic (exact) mass is 247 g/mol. The molecule has 0 amide bonds. The van der Waals surface area contributed by atoms with Gasteiger partial charge in [0.1, 0.15) is 0 Å². The first-order valence-electron chi connectivity index (χ1n) is 5.95. The number of thioether (sulfide) groups is 1. The molecule has 0 aromatic heterocycles. The van der Waals surface area contributed by atoms with Crippen LogP contribution in [-0.2, 0) is 0 Å². The van der Waals surface area contributed by atoms with Crippen molar-refractivity contribution in [2.75, 3.05) is 36.9 Å². The van der Waals surface area contributed by atoms with Crippen LogP contribution in [0.2, 0.25) is 0 Å². The molecule has 1 unspecified atom stereocenters. The minimum atomic E-state index is 0.390. The Balaban J connectivity index is 2.42. The van der Waals surface area contributed by atoms with E-state index in [0.717, 1.165) is 5.75 Å². The number of hydrogen-bond donors (Lipinski definition) is 1. The summed E-state index contributed by atoms with van der Waals surface area (Å²) in [6.45, 7) is 10.8. The van der Waals surface area contributed by atoms with E-state index in [-0.39, 0.29) is 0 Å². The molecule has 0 aliphatic carbocycles.